The predicted molar refractivity (Wildman–Crippen MR) is 101 cm³/mol. The van der Waals surface area contributed by atoms with E-state index in [0.29, 0.717) is 52.0 Å². The van der Waals surface area contributed by atoms with E-state index in [4.69, 9.17) is 4.74 Å². The minimum absolute atomic E-state index is 0.0159. The van der Waals surface area contributed by atoms with Crippen molar-refractivity contribution in [3.8, 4) is 0 Å². The maximum Gasteiger partial charge on any atom is 0.232 e. The van der Waals surface area contributed by atoms with Gasteiger partial charge in [0.05, 0.1) is 6.61 Å². The Morgan fingerprint density at radius 1 is 1.15 bits per heavy atom. The minimum atomic E-state index is -0.195. The Labute approximate surface area is 161 Å². The van der Waals surface area contributed by atoms with Gasteiger partial charge in [-0.25, -0.2) is 0 Å². The summed E-state index contributed by atoms with van der Waals surface area (Å²) in [5, 5.41) is 5.56. The van der Waals surface area contributed by atoms with Gasteiger partial charge in [-0.05, 0) is 33.1 Å². The average molecular weight is 383 g/mol. The van der Waals surface area contributed by atoms with Crippen molar-refractivity contribution in [1.82, 2.24) is 15.5 Å². The van der Waals surface area contributed by atoms with Gasteiger partial charge in [-0.3, -0.25) is 24.1 Å². The minimum Gasteiger partial charge on any atom is -0.380 e. The fraction of sp³-hybridized carbons (Fsp3) is 0.789. The molecule has 27 heavy (non-hydrogen) atoms. The van der Waals surface area contributed by atoms with Gasteiger partial charge in [0.2, 0.25) is 23.6 Å². The molecule has 0 aromatic rings. The number of carbonyl (C=O) groups excluding carboxylic acids is 4. The first-order chi connectivity index (χ1) is 12.8. The van der Waals surface area contributed by atoms with Crippen LogP contribution in [0.1, 0.15) is 59.3 Å². The highest BCUT2D eigenvalue weighted by Gasteiger charge is 2.36. The van der Waals surface area contributed by atoms with Crippen molar-refractivity contribution in [3.63, 3.8) is 0 Å². The van der Waals surface area contributed by atoms with Gasteiger partial charge in [0.15, 0.2) is 0 Å². The van der Waals surface area contributed by atoms with Crippen molar-refractivity contribution in [2.24, 2.45) is 5.92 Å². The summed E-state index contributed by atoms with van der Waals surface area (Å²) in [6.07, 6.45) is 2.76. The first-order valence-corrected chi connectivity index (χ1v) is 9.83. The lowest BCUT2D eigenvalue weighted by Crippen LogP contribution is -2.33. The van der Waals surface area contributed by atoms with E-state index >= 15 is 0 Å². The smallest absolute Gasteiger partial charge is 0.232 e. The number of hydrogen-bond donors (Lipinski definition) is 2. The monoisotopic (exact) mass is 383 g/mol. The molecule has 1 aliphatic rings. The Balaban J connectivity index is 2.01. The van der Waals surface area contributed by atoms with E-state index in [1.165, 1.54) is 4.90 Å². The molecule has 1 heterocycles. The molecule has 0 aliphatic carbocycles. The molecule has 2 N–H and O–H groups in total. The highest BCUT2D eigenvalue weighted by atomic mass is 16.5. The molecule has 8 nitrogen and oxygen atoms in total. The van der Waals surface area contributed by atoms with Crippen LogP contribution in [-0.4, -0.2) is 60.9 Å². The normalized spacial score (nSPS) is 16.9. The number of amides is 4. The maximum absolute atomic E-state index is 12.0. The van der Waals surface area contributed by atoms with E-state index in [-0.39, 0.29) is 48.4 Å². The van der Waals surface area contributed by atoms with Crippen LogP contribution in [0.2, 0.25) is 0 Å². The molecule has 1 rings (SSSR count). The van der Waals surface area contributed by atoms with Gasteiger partial charge in [0, 0.05) is 50.9 Å². The Morgan fingerprint density at radius 3 is 2.48 bits per heavy atom. The molecule has 1 fully saturated rings. The summed E-state index contributed by atoms with van der Waals surface area (Å²) < 4.78 is 5.39. The second kappa shape index (κ2) is 12.4. The predicted octanol–water partition coefficient (Wildman–Crippen LogP) is 0.989. The second-order valence-electron chi connectivity index (χ2n) is 7.08. The van der Waals surface area contributed by atoms with Crippen LogP contribution < -0.4 is 10.6 Å². The van der Waals surface area contributed by atoms with Gasteiger partial charge >= 0.3 is 0 Å². The van der Waals surface area contributed by atoms with Gasteiger partial charge in [-0.2, -0.15) is 0 Å². The number of carbonyl (C=O) groups is 4. The second-order valence-corrected chi connectivity index (χ2v) is 7.08. The van der Waals surface area contributed by atoms with E-state index in [1.54, 1.807) is 0 Å². The highest BCUT2D eigenvalue weighted by Crippen LogP contribution is 2.22. The van der Waals surface area contributed by atoms with Crippen molar-refractivity contribution < 1.29 is 23.9 Å². The molecule has 0 spiro atoms. The third-order valence-electron chi connectivity index (χ3n) is 4.33. The Bertz CT molecular complexity index is 521. The fourth-order valence-electron chi connectivity index (χ4n) is 2.89. The number of rotatable bonds is 13. The topological polar surface area (TPSA) is 105 Å². The molecular formula is C19H33N3O5. The number of nitrogens with one attached hydrogen (secondary N) is 2. The van der Waals surface area contributed by atoms with Crippen molar-refractivity contribution in [2.75, 3.05) is 26.3 Å². The van der Waals surface area contributed by atoms with E-state index in [2.05, 4.69) is 10.6 Å². The van der Waals surface area contributed by atoms with Gasteiger partial charge in [-0.15, -0.1) is 0 Å². The zero-order chi connectivity index (χ0) is 20.2. The van der Waals surface area contributed by atoms with Crippen molar-refractivity contribution in [3.05, 3.63) is 0 Å². The molecular weight excluding hydrogens is 350 g/mol. The highest BCUT2D eigenvalue weighted by molar-refractivity contribution is 6.03. The molecule has 0 aromatic heterocycles. The first-order valence-electron chi connectivity index (χ1n) is 9.83. The lowest BCUT2D eigenvalue weighted by Gasteiger charge is -2.14. The number of hydrogen-bond acceptors (Lipinski definition) is 5. The lowest BCUT2D eigenvalue weighted by molar-refractivity contribution is -0.140. The summed E-state index contributed by atoms with van der Waals surface area (Å²) in [6, 6.07) is 0.142. The summed E-state index contributed by atoms with van der Waals surface area (Å²) in [5.74, 6) is -0.552. The molecule has 0 bridgehead atoms. The van der Waals surface area contributed by atoms with E-state index in [0.717, 1.165) is 0 Å². The van der Waals surface area contributed by atoms with Gasteiger partial charge < -0.3 is 15.4 Å². The third kappa shape index (κ3) is 8.99. The van der Waals surface area contributed by atoms with Crippen LogP contribution in [0.3, 0.4) is 0 Å². The van der Waals surface area contributed by atoms with Crippen LogP contribution in [0.25, 0.3) is 0 Å². The lowest BCUT2D eigenvalue weighted by atomic mass is 10.1. The van der Waals surface area contributed by atoms with Crippen LogP contribution in [-0.2, 0) is 23.9 Å². The number of nitrogens with zero attached hydrogens (tertiary/aromatic N) is 1. The van der Waals surface area contributed by atoms with E-state index in [1.807, 2.05) is 20.8 Å². The molecule has 154 valence electrons. The number of likely N-dealkylation sites (tertiary alicyclic amines) is 1. The molecule has 4 amide bonds. The van der Waals surface area contributed by atoms with Gasteiger partial charge in [0.1, 0.15) is 0 Å². The van der Waals surface area contributed by atoms with E-state index < -0.39 is 0 Å². The first kappa shape index (κ1) is 23.1. The largest absolute Gasteiger partial charge is 0.380 e. The molecule has 1 saturated heterocycles. The van der Waals surface area contributed by atoms with Crippen LogP contribution in [0, 0.1) is 5.92 Å². The van der Waals surface area contributed by atoms with Crippen LogP contribution in [0.15, 0.2) is 0 Å². The molecule has 1 unspecified atom stereocenters. The Morgan fingerprint density at radius 2 is 1.85 bits per heavy atom. The quantitative estimate of drug-likeness (QED) is 0.364. The summed E-state index contributed by atoms with van der Waals surface area (Å²) in [5.41, 5.74) is 0. The average Bonchev–Trinajstić information content (AvgIpc) is 2.87. The standard InChI is InChI=1S/C19H33N3O5/c1-4-15-13-18(25)22(19(15)26)10-5-7-16(23)20-9-12-27-11-6-8-17(24)21-14(2)3/h14-15H,4-13H2,1-3H3,(H,20,23)(H,21,24). The molecule has 8 heteroatoms. The fourth-order valence-corrected chi connectivity index (χ4v) is 2.89. The number of imide groups is 1. The third-order valence-corrected chi connectivity index (χ3v) is 4.33. The summed E-state index contributed by atoms with van der Waals surface area (Å²) >= 11 is 0. The molecule has 0 saturated carbocycles. The molecule has 1 aliphatic heterocycles. The zero-order valence-corrected chi connectivity index (χ0v) is 16.7. The van der Waals surface area contributed by atoms with E-state index in [9.17, 15) is 19.2 Å². The SMILES string of the molecule is CCC1CC(=O)N(CCCC(=O)NCCOCCCC(=O)NC(C)C)C1=O. The van der Waals surface area contributed by atoms with Crippen molar-refractivity contribution in [1.29, 1.82) is 0 Å². The summed E-state index contributed by atoms with van der Waals surface area (Å²) in [7, 11) is 0. The summed E-state index contributed by atoms with van der Waals surface area (Å²) in [6.45, 7) is 7.29. The van der Waals surface area contributed by atoms with Gasteiger partial charge in [-0.1, -0.05) is 6.92 Å². The van der Waals surface area contributed by atoms with Crippen LogP contribution >= 0.6 is 0 Å². The Kier molecular flexibility index (Phi) is 10.6. The molecule has 0 aromatic carbocycles. The summed E-state index contributed by atoms with van der Waals surface area (Å²) in [4.78, 5) is 48.2. The molecule has 1 atom stereocenters. The van der Waals surface area contributed by atoms with Crippen molar-refractivity contribution in [2.45, 2.75) is 65.3 Å². The number of ether oxygens (including phenoxy) is 1. The van der Waals surface area contributed by atoms with Crippen LogP contribution in [0.5, 0.6) is 0 Å². The molecule has 0 radical (unpaired) electrons. The zero-order valence-electron chi connectivity index (χ0n) is 16.7. The van der Waals surface area contributed by atoms with Crippen molar-refractivity contribution >= 4 is 23.6 Å². The van der Waals surface area contributed by atoms with Gasteiger partial charge in [0.25, 0.3) is 0 Å². The Hall–Kier alpha value is -1.96. The maximum atomic E-state index is 12.0. The van der Waals surface area contributed by atoms with Crippen LogP contribution in [0.4, 0.5) is 0 Å².